The number of aryl methyl sites for hydroxylation is 1. The van der Waals surface area contributed by atoms with E-state index in [1.807, 2.05) is 60.0 Å². The second-order valence-corrected chi connectivity index (χ2v) is 12.5. The Hall–Kier alpha value is -4.93. The molecule has 0 saturated carbocycles. The van der Waals surface area contributed by atoms with Crippen LogP contribution in [0.25, 0.3) is 64.9 Å². The Bertz CT molecular complexity index is 2310. The summed E-state index contributed by atoms with van der Waals surface area (Å²) < 4.78 is 2.65. The van der Waals surface area contributed by atoms with Crippen molar-refractivity contribution in [3.05, 3.63) is 157 Å². The van der Waals surface area contributed by atoms with Crippen LogP contribution in [0.1, 0.15) is 11.1 Å². The number of hydrogen-bond acceptors (Lipinski definition) is 4. The van der Waals surface area contributed by atoms with Gasteiger partial charge in [-0.25, -0.2) is 0 Å². The second kappa shape index (κ2) is 13.1. The Kier molecular flexibility index (Phi) is 8.53. The first-order chi connectivity index (χ1) is 22.6. The molecule has 0 fully saturated rings. The van der Waals surface area contributed by atoms with Crippen LogP contribution in [-0.4, -0.2) is 9.97 Å². The molecule has 4 heterocycles. The molecule has 0 saturated heterocycles. The van der Waals surface area contributed by atoms with E-state index in [2.05, 4.69) is 120 Å². The molecule has 3 aromatic heterocycles. The van der Waals surface area contributed by atoms with Crippen LogP contribution in [0.4, 0.5) is 11.4 Å². The van der Waals surface area contributed by atoms with Gasteiger partial charge >= 0.3 is 0 Å². The van der Waals surface area contributed by atoms with Gasteiger partial charge in [0.15, 0.2) is 0 Å². The Morgan fingerprint density at radius 2 is 1.45 bits per heavy atom. The molecule has 47 heavy (non-hydrogen) atoms. The molecular formula is C42H29IrN3S-2. The molecule has 9 rings (SSSR count). The van der Waals surface area contributed by atoms with Crippen molar-refractivity contribution in [2.45, 2.75) is 13.8 Å². The summed E-state index contributed by atoms with van der Waals surface area (Å²) in [7, 11) is 0. The van der Waals surface area contributed by atoms with Gasteiger partial charge in [0.1, 0.15) is 0 Å². The van der Waals surface area contributed by atoms with Gasteiger partial charge in [0.2, 0.25) is 0 Å². The van der Waals surface area contributed by atoms with Gasteiger partial charge in [0.25, 0.3) is 0 Å². The van der Waals surface area contributed by atoms with E-state index in [1.54, 1.807) is 6.20 Å². The minimum Gasteiger partial charge on any atom is -0.394 e. The third-order valence-electron chi connectivity index (χ3n) is 8.47. The second-order valence-electron chi connectivity index (χ2n) is 11.5. The fraction of sp³-hybridized carbons (Fsp3) is 0.0476. The van der Waals surface area contributed by atoms with E-state index in [4.69, 9.17) is 0 Å². The first kappa shape index (κ1) is 30.7. The van der Waals surface area contributed by atoms with Crippen LogP contribution in [0.15, 0.2) is 134 Å². The molecule has 1 aliphatic rings. The van der Waals surface area contributed by atoms with Crippen LogP contribution in [0, 0.1) is 26.0 Å². The van der Waals surface area contributed by atoms with Crippen molar-refractivity contribution in [1.82, 2.24) is 9.97 Å². The number of fused-ring (bicyclic) bond motifs is 10. The summed E-state index contributed by atoms with van der Waals surface area (Å²) >= 11 is 1.88. The van der Waals surface area contributed by atoms with Gasteiger partial charge in [-0.2, -0.15) is 0 Å². The van der Waals surface area contributed by atoms with Gasteiger partial charge < -0.3 is 15.3 Å². The van der Waals surface area contributed by atoms with Crippen molar-refractivity contribution in [2.24, 2.45) is 0 Å². The molecule has 1 N–H and O–H groups in total. The SMILES string of the molecule is Cc1ccc(-c2[c-]cc3c(c2)-c2c(C)c(cc4c2sc2ccccc24)-c2ccccc2N3)nc1.[Ir].[c-]1ccccc1-c1ccccn1. The van der Waals surface area contributed by atoms with Gasteiger partial charge in [0.05, 0.1) is 0 Å². The van der Waals surface area contributed by atoms with Crippen LogP contribution in [0.3, 0.4) is 0 Å². The van der Waals surface area contributed by atoms with Crippen molar-refractivity contribution < 1.29 is 20.1 Å². The van der Waals surface area contributed by atoms with Crippen LogP contribution in [0.5, 0.6) is 0 Å². The monoisotopic (exact) mass is 800 g/mol. The Balaban J connectivity index is 0.000000228. The number of hydrogen-bond donors (Lipinski definition) is 1. The molecular weight excluding hydrogens is 771 g/mol. The fourth-order valence-corrected chi connectivity index (χ4v) is 7.48. The Morgan fingerprint density at radius 1 is 0.638 bits per heavy atom. The van der Waals surface area contributed by atoms with Gasteiger partial charge in [-0.1, -0.05) is 66.2 Å². The van der Waals surface area contributed by atoms with Gasteiger partial charge in [-0.3, -0.25) is 0 Å². The minimum absolute atomic E-state index is 0. The maximum Gasteiger partial charge on any atom is 0.0421 e. The number of nitrogens with one attached hydrogen (secondary N) is 1. The number of thiophene rings is 1. The molecule has 2 bridgehead atoms. The van der Waals surface area contributed by atoms with Crippen molar-refractivity contribution in [3.63, 3.8) is 0 Å². The summed E-state index contributed by atoms with van der Waals surface area (Å²) in [6, 6.07) is 48.6. The van der Waals surface area contributed by atoms with E-state index in [1.165, 1.54) is 48.0 Å². The van der Waals surface area contributed by atoms with Crippen molar-refractivity contribution in [1.29, 1.82) is 0 Å². The molecule has 3 nitrogen and oxygen atoms in total. The number of anilines is 2. The van der Waals surface area contributed by atoms with E-state index in [-0.39, 0.29) is 20.1 Å². The molecule has 1 aliphatic heterocycles. The van der Waals surface area contributed by atoms with E-state index >= 15 is 0 Å². The average molecular weight is 800 g/mol. The smallest absolute Gasteiger partial charge is 0.0421 e. The third kappa shape index (κ3) is 5.79. The number of aromatic nitrogens is 2. The summed E-state index contributed by atoms with van der Waals surface area (Å²) in [6.07, 6.45) is 3.71. The summed E-state index contributed by atoms with van der Waals surface area (Å²) in [5, 5.41) is 6.36. The normalized spacial score (nSPS) is 11.2. The largest absolute Gasteiger partial charge is 0.394 e. The van der Waals surface area contributed by atoms with Gasteiger partial charge in [-0.05, 0) is 77.4 Å². The number of pyridine rings is 2. The number of para-hydroxylation sites is 1. The van der Waals surface area contributed by atoms with Gasteiger partial charge in [0, 0.05) is 63.9 Å². The summed E-state index contributed by atoms with van der Waals surface area (Å²) in [5.74, 6) is 0. The first-order valence-electron chi connectivity index (χ1n) is 15.3. The van der Waals surface area contributed by atoms with Crippen molar-refractivity contribution >= 4 is 42.9 Å². The number of nitrogens with zero attached hydrogens (tertiary/aromatic N) is 2. The molecule has 0 unspecified atom stereocenters. The van der Waals surface area contributed by atoms with E-state index in [0.717, 1.165) is 39.5 Å². The molecule has 5 aromatic carbocycles. The minimum atomic E-state index is 0. The molecule has 0 spiro atoms. The van der Waals surface area contributed by atoms with Crippen LogP contribution < -0.4 is 5.32 Å². The fourth-order valence-electron chi connectivity index (χ4n) is 6.18. The average Bonchev–Trinajstić information content (AvgIpc) is 3.48. The van der Waals surface area contributed by atoms with Gasteiger partial charge in [-0.15, -0.1) is 71.0 Å². The quantitative estimate of drug-likeness (QED) is 0.177. The van der Waals surface area contributed by atoms with Crippen molar-refractivity contribution in [3.8, 4) is 44.8 Å². The molecule has 0 atom stereocenters. The molecule has 0 aliphatic carbocycles. The zero-order valence-corrected chi connectivity index (χ0v) is 29.0. The maximum atomic E-state index is 4.68. The van der Waals surface area contributed by atoms with E-state index in [0.29, 0.717) is 0 Å². The molecule has 229 valence electrons. The first-order valence-corrected chi connectivity index (χ1v) is 16.1. The summed E-state index contributed by atoms with van der Waals surface area (Å²) in [5.41, 5.74) is 13.6. The Morgan fingerprint density at radius 3 is 2.26 bits per heavy atom. The van der Waals surface area contributed by atoms with Crippen molar-refractivity contribution in [2.75, 3.05) is 5.32 Å². The molecule has 5 heteroatoms. The zero-order valence-electron chi connectivity index (χ0n) is 25.8. The number of benzene rings is 5. The summed E-state index contributed by atoms with van der Waals surface area (Å²) in [6.45, 7) is 4.33. The number of rotatable bonds is 2. The molecule has 8 aromatic rings. The van der Waals surface area contributed by atoms with E-state index < -0.39 is 0 Å². The molecule has 1 radical (unpaired) electrons. The maximum absolute atomic E-state index is 4.68. The van der Waals surface area contributed by atoms with Crippen LogP contribution in [0.2, 0.25) is 0 Å². The summed E-state index contributed by atoms with van der Waals surface area (Å²) in [4.78, 5) is 8.89. The predicted molar refractivity (Wildman–Crippen MR) is 194 cm³/mol. The molecule has 0 amide bonds. The zero-order chi connectivity index (χ0) is 31.0. The van der Waals surface area contributed by atoms with E-state index in [9.17, 15) is 0 Å². The predicted octanol–water partition coefficient (Wildman–Crippen LogP) is 11.5. The van der Waals surface area contributed by atoms with Crippen LogP contribution >= 0.6 is 11.3 Å². The topological polar surface area (TPSA) is 37.8 Å². The third-order valence-corrected chi connectivity index (χ3v) is 9.68. The standard InChI is InChI=1S/C31H21N2S.C11H8N.Ir/c1-18-11-13-26(32-17-18)20-12-14-28-25(15-20)30-19(2)23(21-7-3-5-9-27(21)33-28)16-24-22-8-4-6-10-29(22)34-31(24)30;1-2-6-10(7-3-1)11-8-4-5-9-12-11;/h3-11,13-17,33H,1-2H3;1-6,8-9H;/q2*-1;. The Labute approximate surface area is 292 Å². The van der Waals surface area contributed by atoms with Crippen LogP contribution in [-0.2, 0) is 20.1 Å².